The van der Waals surface area contributed by atoms with Gasteiger partial charge in [0, 0.05) is 18.3 Å². The Morgan fingerprint density at radius 1 is 1.33 bits per heavy atom. The zero-order valence-corrected chi connectivity index (χ0v) is 11.9. The number of rotatable bonds is 4. The van der Waals surface area contributed by atoms with Crippen LogP contribution in [0.2, 0.25) is 0 Å². The number of nitrogens with zero attached hydrogens (tertiary/aromatic N) is 2. The Labute approximate surface area is 121 Å². The Balaban J connectivity index is 2.24. The van der Waals surface area contributed by atoms with Gasteiger partial charge in [-0.2, -0.15) is 5.10 Å². The van der Waals surface area contributed by atoms with Gasteiger partial charge in [0.05, 0.1) is 0 Å². The van der Waals surface area contributed by atoms with Crippen LogP contribution in [0.5, 0.6) is 0 Å². The van der Waals surface area contributed by atoms with Gasteiger partial charge >= 0.3 is 0 Å². The largest absolute Gasteiger partial charge is 0.320 e. The summed E-state index contributed by atoms with van der Waals surface area (Å²) in [5.74, 6) is -0.797. The van der Waals surface area contributed by atoms with Gasteiger partial charge in [0.1, 0.15) is 11.5 Å². The number of anilines is 1. The lowest BCUT2D eigenvalue weighted by atomic mass is 10.2. The van der Waals surface area contributed by atoms with Crippen LogP contribution in [0.1, 0.15) is 29.4 Å². The van der Waals surface area contributed by atoms with Crippen molar-refractivity contribution in [2.75, 3.05) is 5.32 Å². The molecule has 0 radical (unpaired) electrons. The number of carbonyl (C=O) groups excluding carboxylic acids is 1. The zero-order valence-electron chi connectivity index (χ0n) is 11.9. The van der Waals surface area contributed by atoms with E-state index in [1.54, 1.807) is 6.92 Å². The molecule has 0 fully saturated rings. The van der Waals surface area contributed by atoms with E-state index in [2.05, 4.69) is 10.4 Å². The predicted molar refractivity (Wildman–Crippen MR) is 77.9 cm³/mol. The highest BCUT2D eigenvalue weighted by molar-refractivity contribution is 6.03. The molecule has 0 aliphatic carbocycles. The van der Waals surface area contributed by atoms with E-state index in [4.69, 9.17) is 0 Å². The van der Waals surface area contributed by atoms with Crippen LogP contribution in [0, 0.1) is 12.7 Å². The van der Waals surface area contributed by atoms with Crippen molar-refractivity contribution in [1.29, 1.82) is 0 Å². The van der Waals surface area contributed by atoms with E-state index >= 15 is 0 Å². The molecule has 21 heavy (non-hydrogen) atoms. The van der Waals surface area contributed by atoms with Crippen LogP contribution < -0.4 is 10.9 Å². The molecule has 1 amide bonds. The highest BCUT2D eigenvalue weighted by Gasteiger charge is 2.11. The van der Waals surface area contributed by atoms with Gasteiger partial charge in [0.2, 0.25) is 0 Å². The monoisotopic (exact) mass is 289 g/mol. The first kappa shape index (κ1) is 14.9. The average Bonchev–Trinajstić information content (AvgIpc) is 2.44. The Bertz CT molecular complexity index is 725. The number of amides is 1. The Morgan fingerprint density at radius 3 is 2.76 bits per heavy atom. The van der Waals surface area contributed by atoms with E-state index in [1.165, 1.54) is 35.0 Å². The summed E-state index contributed by atoms with van der Waals surface area (Å²) >= 11 is 0. The smallest absolute Gasteiger partial charge is 0.276 e. The number of aryl methyl sites for hydroxylation is 2. The lowest BCUT2D eigenvalue weighted by molar-refractivity contribution is 0.101. The maximum atomic E-state index is 13.0. The van der Waals surface area contributed by atoms with E-state index < -0.39 is 5.91 Å². The standard InChI is InChI=1S/C15H16FN3O2/c1-3-8-19-14(20)7-6-13(18-19)15(21)17-12-5-4-11(16)9-10(12)2/h4-7,9H,3,8H2,1-2H3,(H,17,21). The predicted octanol–water partition coefficient (Wildman–Crippen LogP) is 2.35. The molecular formula is C15H16FN3O2. The van der Waals surface area contributed by atoms with E-state index in [9.17, 15) is 14.0 Å². The quantitative estimate of drug-likeness (QED) is 0.939. The molecule has 110 valence electrons. The fourth-order valence-corrected chi connectivity index (χ4v) is 1.90. The fraction of sp³-hybridized carbons (Fsp3) is 0.267. The van der Waals surface area contributed by atoms with Crippen molar-refractivity contribution in [3.05, 3.63) is 57.8 Å². The second-order valence-electron chi connectivity index (χ2n) is 4.69. The van der Waals surface area contributed by atoms with Crippen molar-refractivity contribution in [1.82, 2.24) is 9.78 Å². The third-order valence-electron chi connectivity index (χ3n) is 2.97. The molecule has 0 aliphatic heterocycles. The molecule has 0 saturated carbocycles. The first-order valence-corrected chi connectivity index (χ1v) is 6.67. The van der Waals surface area contributed by atoms with Crippen LogP contribution >= 0.6 is 0 Å². The van der Waals surface area contributed by atoms with Gasteiger partial charge in [0.25, 0.3) is 11.5 Å². The summed E-state index contributed by atoms with van der Waals surface area (Å²) in [5, 5.41) is 6.68. The SMILES string of the molecule is CCCn1nc(C(=O)Nc2ccc(F)cc2C)ccc1=O. The van der Waals surface area contributed by atoms with Crippen LogP contribution in [0.3, 0.4) is 0 Å². The highest BCUT2D eigenvalue weighted by Crippen LogP contribution is 2.16. The topological polar surface area (TPSA) is 64.0 Å². The Morgan fingerprint density at radius 2 is 2.10 bits per heavy atom. The fourth-order valence-electron chi connectivity index (χ4n) is 1.90. The number of benzene rings is 1. The van der Waals surface area contributed by atoms with Crippen molar-refractivity contribution < 1.29 is 9.18 Å². The third-order valence-corrected chi connectivity index (χ3v) is 2.97. The van der Waals surface area contributed by atoms with Gasteiger partial charge in [-0.25, -0.2) is 9.07 Å². The highest BCUT2D eigenvalue weighted by atomic mass is 19.1. The summed E-state index contributed by atoms with van der Waals surface area (Å²) in [5.41, 5.74) is 1.03. The van der Waals surface area contributed by atoms with Gasteiger partial charge in [-0.05, 0) is 43.2 Å². The minimum Gasteiger partial charge on any atom is -0.320 e. The summed E-state index contributed by atoms with van der Waals surface area (Å²) in [6, 6.07) is 6.79. The molecule has 1 heterocycles. The maximum absolute atomic E-state index is 13.0. The molecule has 0 aliphatic rings. The van der Waals surface area contributed by atoms with Crippen molar-refractivity contribution in [2.24, 2.45) is 0 Å². The maximum Gasteiger partial charge on any atom is 0.276 e. The van der Waals surface area contributed by atoms with E-state index in [-0.39, 0.29) is 17.1 Å². The van der Waals surface area contributed by atoms with Crippen molar-refractivity contribution in [3.63, 3.8) is 0 Å². The summed E-state index contributed by atoms with van der Waals surface area (Å²) in [7, 11) is 0. The van der Waals surface area contributed by atoms with Crippen molar-refractivity contribution in [2.45, 2.75) is 26.8 Å². The number of hydrogen-bond donors (Lipinski definition) is 1. The molecule has 0 saturated heterocycles. The minimum absolute atomic E-state index is 0.145. The van der Waals surface area contributed by atoms with Gasteiger partial charge in [-0.3, -0.25) is 9.59 Å². The van der Waals surface area contributed by atoms with Gasteiger partial charge in [-0.15, -0.1) is 0 Å². The molecule has 5 nitrogen and oxygen atoms in total. The summed E-state index contributed by atoms with van der Waals surface area (Å²) < 4.78 is 14.3. The molecule has 0 unspecified atom stereocenters. The van der Waals surface area contributed by atoms with Crippen LogP contribution in [0.15, 0.2) is 35.1 Å². The van der Waals surface area contributed by atoms with Gasteiger partial charge < -0.3 is 5.32 Å². The Hall–Kier alpha value is -2.50. The number of halogens is 1. The van der Waals surface area contributed by atoms with Crippen LogP contribution in [0.25, 0.3) is 0 Å². The molecule has 6 heteroatoms. The van der Waals surface area contributed by atoms with Crippen LogP contribution in [-0.4, -0.2) is 15.7 Å². The first-order chi connectivity index (χ1) is 10.0. The molecular weight excluding hydrogens is 273 g/mol. The summed E-state index contributed by atoms with van der Waals surface area (Å²) in [4.78, 5) is 23.7. The lowest BCUT2D eigenvalue weighted by Crippen LogP contribution is -2.26. The second-order valence-corrected chi connectivity index (χ2v) is 4.69. The van der Waals surface area contributed by atoms with Crippen LogP contribution in [0.4, 0.5) is 10.1 Å². The first-order valence-electron chi connectivity index (χ1n) is 6.67. The van der Waals surface area contributed by atoms with E-state index in [0.717, 1.165) is 6.42 Å². The third kappa shape index (κ3) is 3.53. The van der Waals surface area contributed by atoms with Gasteiger partial charge in [-0.1, -0.05) is 6.92 Å². The number of hydrogen-bond acceptors (Lipinski definition) is 3. The molecule has 2 rings (SSSR count). The molecule has 1 aromatic carbocycles. The Kier molecular flexibility index (Phi) is 4.47. The lowest BCUT2D eigenvalue weighted by Gasteiger charge is -2.09. The number of nitrogens with one attached hydrogen (secondary N) is 1. The van der Waals surface area contributed by atoms with E-state index in [1.807, 2.05) is 6.92 Å². The normalized spacial score (nSPS) is 10.4. The average molecular weight is 289 g/mol. The number of aromatic nitrogens is 2. The second kappa shape index (κ2) is 6.30. The minimum atomic E-state index is -0.436. The zero-order chi connectivity index (χ0) is 15.4. The van der Waals surface area contributed by atoms with Crippen molar-refractivity contribution in [3.8, 4) is 0 Å². The molecule has 1 N–H and O–H groups in total. The van der Waals surface area contributed by atoms with Crippen LogP contribution in [-0.2, 0) is 6.54 Å². The summed E-state index contributed by atoms with van der Waals surface area (Å²) in [6.07, 6.45) is 0.745. The molecule has 0 bridgehead atoms. The van der Waals surface area contributed by atoms with E-state index in [0.29, 0.717) is 17.8 Å². The van der Waals surface area contributed by atoms with Gasteiger partial charge in [0.15, 0.2) is 0 Å². The molecule has 2 aromatic rings. The molecule has 1 aromatic heterocycles. The summed E-state index contributed by atoms with van der Waals surface area (Å²) in [6.45, 7) is 4.07. The van der Waals surface area contributed by atoms with Crippen molar-refractivity contribution >= 4 is 11.6 Å². The molecule has 0 spiro atoms. The molecule has 0 atom stereocenters. The number of carbonyl (C=O) groups is 1.